The van der Waals surface area contributed by atoms with Crippen molar-refractivity contribution < 1.29 is 41.0 Å². The Labute approximate surface area is 249 Å². The van der Waals surface area contributed by atoms with Gasteiger partial charge in [0.25, 0.3) is 0 Å². The van der Waals surface area contributed by atoms with E-state index in [-0.39, 0.29) is 43.8 Å². The van der Waals surface area contributed by atoms with Gasteiger partial charge in [0.2, 0.25) is 5.92 Å². The summed E-state index contributed by atoms with van der Waals surface area (Å²) >= 11 is 0. The molecule has 10 heteroatoms. The summed E-state index contributed by atoms with van der Waals surface area (Å²) in [6, 6.07) is 12.1. The molecule has 0 bridgehead atoms. The topological polar surface area (TPSA) is 49.7 Å². The van der Waals surface area contributed by atoms with Gasteiger partial charge in [-0.25, -0.2) is 13.6 Å². The van der Waals surface area contributed by atoms with E-state index in [2.05, 4.69) is 18.2 Å². The monoisotopic (exact) mass is 609 g/mol. The lowest BCUT2D eigenvalue weighted by molar-refractivity contribution is -0.274. The largest absolute Gasteiger partial charge is 0.573 e. The minimum atomic E-state index is -4.84. The fourth-order valence-electron chi connectivity index (χ4n) is 4.87. The summed E-state index contributed by atoms with van der Waals surface area (Å²) in [5, 5.41) is 0.799. The third-order valence-electron chi connectivity index (χ3n) is 7.03. The standard InChI is InChI=1S/C33H40F5NO4/c1-5-7-8-11-24-12-15-27(30(20-24)43-33(36,37)38)29-21-25-13-14-26(22-28(25)39(29)6-2)41-18-9-16-32(34,35)17-10-19-42-31(40)23(3)4/h12-15,20-22H,3,5-11,16-19H2,1-2,4H3. The molecular formula is C33H40F5NO4. The van der Waals surface area contributed by atoms with Crippen molar-refractivity contribution in [2.24, 2.45) is 0 Å². The van der Waals surface area contributed by atoms with Crippen LogP contribution in [0.1, 0.15) is 71.3 Å². The van der Waals surface area contributed by atoms with Gasteiger partial charge < -0.3 is 18.8 Å². The highest BCUT2D eigenvalue weighted by atomic mass is 19.4. The number of fused-ring (bicyclic) bond motifs is 1. The molecule has 236 valence electrons. The second-order valence-corrected chi connectivity index (χ2v) is 10.7. The van der Waals surface area contributed by atoms with Crippen LogP contribution in [0.4, 0.5) is 22.0 Å². The third kappa shape index (κ3) is 10.3. The van der Waals surface area contributed by atoms with Crippen molar-refractivity contribution in [1.82, 2.24) is 4.57 Å². The Bertz CT molecular complexity index is 1380. The van der Waals surface area contributed by atoms with Crippen LogP contribution in [0, 0.1) is 0 Å². The summed E-state index contributed by atoms with van der Waals surface area (Å²) in [6.07, 6.45) is -1.94. The number of aromatic nitrogens is 1. The van der Waals surface area contributed by atoms with Gasteiger partial charge in [-0.1, -0.05) is 32.4 Å². The van der Waals surface area contributed by atoms with Gasteiger partial charge in [0.1, 0.15) is 11.5 Å². The molecule has 0 aliphatic carbocycles. The van der Waals surface area contributed by atoms with Crippen LogP contribution in [0.25, 0.3) is 22.2 Å². The zero-order chi connectivity index (χ0) is 31.6. The van der Waals surface area contributed by atoms with E-state index in [1.54, 1.807) is 24.3 Å². The molecule has 3 aromatic rings. The lowest BCUT2D eigenvalue weighted by atomic mass is 10.0. The molecule has 0 atom stereocenters. The van der Waals surface area contributed by atoms with Crippen LogP contribution in [0.2, 0.25) is 0 Å². The highest BCUT2D eigenvalue weighted by Crippen LogP contribution is 2.39. The van der Waals surface area contributed by atoms with Crippen molar-refractivity contribution in [1.29, 1.82) is 0 Å². The van der Waals surface area contributed by atoms with Crippen molar-refractivity contribution in [3.63, 3.8) is 0 Å². The molecule has 2 aromatic carbocycles. The molecule has 5 nitrogen and oxygen atoms in total. The van der Waals surface area contributed by atoms with Crippen molar-refractivity contribution in [3.8, 4) is 22.8 Å². The second-order valence-electron chi connectivity index (χ2n) is 10.7. The van der Waals surface area contributed by atoms with Crippen molar-refractivity contribution in [2.75, 3.05) is 13.2 Å². The first-order valence-corrected chi connectivity index (χ1v) is 14.7. The molecule has 1 heterocycles. The number of aryl methyl sites for hydroxylation is 2. The van der Waals surface area contributed by atoms with E-state index >= 15 is 0 Å². The van der Waals surface area contributed by atoms with Gasteiger partial charge in [-0.15, -0.1) is 13.2 Å². The summed E-state index contributed by atoms with van der Waals surface area (Å²) in [6.45, 7) is 9.34. The van der Waals surface area contributed by atoms with Gasteiger partial charge in [-0.3, -0.25) is 0 Å². The smallest absolute Gasteiger partial charge is 0.494 e. The van der Waals surface area contributed by atoms with E-state index in [1.165, 1.54) is 13.0 Å². The zero-order valence-electron chi connectivity index (χ0n) is 25.0. The van der Waals surface area contributed by atoms with Crippen LogP contribution >= 0.6 is 0 Å². The second kappa shape index (κ2) is 15.3. The van der Waals surface area contributed by atoms with E-state index in [1.807, 2.05) is 23.6 Å². The fraction of sp³-hybridized carbons (Fsp3) is 0.485. The number of esters is 1. The quantitative estimate of drug-likeness (QED) is 0.0662. The number of alkyl halides is 5. The molecule has 0 aliphatic rings. The predicted molar refractivity (Wildman–Crippen MR) is 158 cm³/mol. The number of ether oxygens (including phenoxy) is 3. The van der Waals surface area contributed by atoms with E-state index in [0.717, 1.165) is 35.7 Å². The molecule has 0 spiro atoms. The van der Waals surface area contributed by atoms with Crippen LogP contribution in [-0.2, 0) is 22.5 Å². The van der Waals surface area contributed by atoms with Gasteiger partial charge >= 0.3 is 12.3 Å². The van der Waals surface area contributed by atoms with Gasteiger partial charge in [0.15, 0.2) is 0 Å². The SMILES string of the molecule is C=C(C)C(=O)OCCCC(F)(F)CCCOc1ccc2cc(-c3ccc(CCCCC)cc3OC(F)(F)F)n(CC)c2c1. The maximum atomic E-state index is 14.2. The minimum absolute atomic E-state index is 0.0389. The molecule has 0 saturated carbocycles. The van der Waals surface area contributed by atoms with Crippen molar-refractivity contribution >= 4 is 16.9 Å². The molecule has 0 saturated heterocycles. The number of unbranched alkanes of at least 4 members (excludes halogenated alkanes) is 2. The number of benzene rings is 2. The van der Waals surface area contributed by atoms with Gasteiger partial charge in [0.05, 0.1) is 24.4 Å². The fourth-order valence-corrected chi connectivity index (χ4v) is 4.87. The highest BCUT2D eigenvalue weighted by molar-refractivity contribution is 5.89. The molecule has 0 N–H and O–H groups in total. The van der Waals surface area contributed by atoms with Crippen molar-refractivity contribution in [3.05, 3.63) is 60.2 Å². The molecule has 43 heavy (non-hydrogen) atoms. The Balaban J connectivity index is 1.70. The number of nitrogens with zero attached hydrogens (tertiary/aromatic N) is 1. The van der Waals surface area contributed by atoms with Crippen LogP contribution < -0.4 is 9.47 Å². The van der Waals surface area contributed by atoms with E-state index < -0.39 is 24.7 Å². The van der Waals surface area contributed by atoms with Crippen LogP contribution in [0.5, 0.6) is 11.5 Å². The zero-order valence-corrected chi connectivity index (χ0v) is 25.0. The summed E-state index contributed by atoms with van der Waals surface area (Å²) in [5.74, 6) is -3.29. The summed E-state index contributed by atoms with van der Waals surface area (Å²) in [7, 11) is 0. The average Bonchev–Trinajstić information content (AvgIpc) is 3.30. The molecule has 0 unspecified atom stereocenters. The summed E-state index contributed by atoms with van der Waals surface area (Å²) in [4.78, 5) is 11.4. The Kier molecular flexibility index (Phi) is 12.0. The predicted octanol–water partition coefficient (Wildman–Crippen LogP) is 9.65. The molecular weight excluding hydrogens is 569 g/mol. The first-order chi connectivity index (χ1) is 20.3. The molecule has 0 radical (unpaired) electrons. The third-order valence-corrected chi connectivity index (χ3v) is 7.03. The van der Waals surface area contributed by atoms with Gasteiger partial charge in [0, 0.05) is 42.0 Å². The number of halogens is 5. The number of hydrogen-bond acceptors (Lipinski definition) is 4. The summed E-state index contributed by atoms with van der Waals surface area (Å²) in [5.41, 5.74) is 2.64. The van der Waals surface area contributed by atoms with Crippen LogP contribution in [0.3, 0.4) is 0 Å². The summed E-state index contributed by atoms with van der Waals surface area (Å²) < 4.78 is 85.5. The number of rotatable bonds is 17. The molecule has 1 aromatic heterocycles. The first kappa shape index (κ1) is 33.9. The van der Waals surface area contributed by atoms with Crippen LogP contribution in [0.15, 0.2) is 54.6 Å². The lowest BCUT2D eigenvalue weighted by Crippen LogP contribution is -2.18. The average molecular weight is 610 g/mol. The first-order valence-electron chi connectivity index (χ1n) is 14.7. The molecule has 3 rings (SSSR count). The maximum absolute atomic E-state index is 14.2. The van der Waals surface area contributed by atoms with Crippen molar-refractivity contribution in [2.45, 2.75) is 91.0 Å². The Morgan fingerprint density at radius 1 is 0.907 bits per heavy atom. The van der Waals surface area contributed by atoms with Gasteiger partial charge in [-0.05, 0) is 75.4 Å². The van der Waals surface area contributed by atoms with Gasteiger partial charge in [-0.2, -0.15) is 0 Å². The Hall–Kier alpha value is -3.56. The minimum Gasteiger partial charge on any atom is -0.494 e. The highest BCUT2D eigenvalue weighted by Gasteiger charge is 2.33. The molecule has 0 aliphatic heterocycles. The number of carbonyl (C=O) groups is 1. The lowest BCUT2D eigenvalue weighted by Gasteiger charge is -2.17. The van der Waals surface area contributed by atoms with E-state index in [0.29, 0.717) is 30.0 Å². The molecule has 0 fully saturated rings. The number of carbonyl (C=O) groups excluding carboxylic acids is 1. The maximum Gasteiger partial charge on any atom is 0.573 e. The van der Waals surface area contributed by atoms with E-state index in [4.69, 9.17) is 9.47 Å². The number of hydrogen-bond donors (Lipinski definition) is 0. The van der Waals surface area contributed by atoms with E-state index in [9.17, 15) is 26.7 Å². The molecule has 0 amide bonds. The normalized spacial score (nSPS) is 12.0. The van der Waals surface area contributed by atoms with Crippen LogP contribution in [-0.4, -0.2) is 36.0 Å². The Morgan fingerprint density at radius 2 is 1.63 bits per heavy atom. The Morgan fingerprint density at radius 3 is 2.28 bits per heavy atom.